The van der Waals surface area contributed by atoms with Crippen molar-refractivity contribution >= 4 is 28.9 Å². The highest BCUT2D eigenvalue weighted by atomic mass is 35.5. The highest BCUT2D eigenvalue weighted by molar-refractivity contribution is 6.42. The summed E-state index contributed by atoms with van der Waals surface area (Å²) in [5.74, 6) is 0.0245. The molecule has 0 aliphatic carbocycles. The maximum Gasteiger partial charge on any atom is 0.294 e. The van der Waals surface area contributed by atoms with Gasteiger partial charge in [0, 0.05) is 18.5 Å². The average molecular weight is 283 g/mol. The predicted molar refractivity (Wildman–Crippen MR) is 65.0 cm³/mol. The zero-order valence-corrected chi connectivity index (χ0v) is 10.2. The Bertz CT molecular complexity index is 675. The van der Waals surface area contributed by atoms with Gasteiger partial charge < -0.3 is 0 Å². The fourth-order valence-electron chi connectivity index (χ4n) is 1.45. The number of nitriles is 1. The quantitative estimate of drug-likeness (QED) is 0.626. The number of nitro benzene ring substituents is 1. The number of rotatable bonds is 2. The second kappa shape index (κ2) is 4.64. The topological polar surface area (TPSA) is 84.8 Å². The maximum absolute atomic E-state index is 11.0. The SMILES string of the molecule is N#Cc1nccn1-c1cc(Cl)c(Cl)cc1[N+](=O)[O-]. The van der Waals surface area contributed by atoms with E-state index in [9.17, 15) is 10.1 Å². The summed E-state index contributed by atoms with van der Waals surface area (Å²) in [6.07, 6.45) is 2.80. The average Bonchev–Trinajstić information content (AvgIpc) is 2.79. The molecular formula is C10H4Cl2N4O2. The van der Waals surface area contributed by atoms with E-state index in [0.29, 0.717) is 0 Å². The van der Waals surface area contributed by atoms with Crippen molar-refractivity contribution in [3.8, 4) is 11.8 Å². The van der Waals surface area contributed by atoms with Crippen molar-refractivity contribution in [3.63, 3.8) is 0 Å². The van der Waals surface area contributed by atoms with E-state index in [1.54, 1.807) is 0 Å². The van der Waals surface area contributed by atoms with Gasteiger partial charge >= 0.3 is 0 Å². The molecule has 18 heavy (non-hydrogen) atoms. The van der Waals surface area contributed by atoms with Gasteiger partial charge in [-0.2, -0.15) is 5.26 Å². The molecule has 0 unspecified atom stereocenters. The summed E-state index contributed by atoms with van der Waals surface area (Å²) in [5.41, 5.74) is -0.109. The summed E-state index contributed by atoms with van der Waals surface area (Å²) in [4.78, 5) is 14.1. The summed E-state index contributed by atoms with van der Waals surface area (Å²) in [6, 6.07) is 4.29. The van der Waals surface area contributed by atoms with Crippen LogP contribution in [0, 0.1) is 21.4 Å². The summed E-state index contributed by atoms with van der Waals surface area (Å²) >= 11 is 11.6. The molecule has 0 saturated carbocycles. The number of hydrogen-bond donors (Lipinski definition) is 0. The van der Waals surface area contributed by atoms with Gasteiger partial charge in [-0.25, -0.2) is 4.98 Å². The van der Waals surface area contributed by atoms with Crippen LogP contribution in [0.1, 0.15) is 5.82 Å². The third-order valence-electron chi connectivity index (χ3n) is 2.21. The van der Waals surface area contributed by atoms with Crippen LogP contribution in [0.4, 0.5) is 5.69 Å². The first-order valence-electron chi connectivity index (χ1n) is 4.62. The predicted octanol–water partition coefficient (Wildman–Crippen LogP) is 2.96. The van der Waals surface area contributed by atoms with Crippen molar-refractivity contribution in [2.75, 3.05) is 0 Å². The number of halogens is 2. The number of benzene rings is 1. The Labute approximate surface area is 111 Å². The molecule has 0 amide bonds. The molecular weight excluding hydrogens is 279 g/mol. The highest BCUT2D eigenvalue weighted by Gasteiger charge is 2.20. The molecule has 2 rings (SSSR count). The molecule has 90 valence electrons. The Morgan fingerprint density at radius 2 is 2.06 bits per heavy atom. The van der Waals surface area contributed by atoms with Crippen LogP contribution in [0.3, 0.4) is 0 Å². The fourth-order valence-corrected chi connectivity index (χ4v) is 1.76. The van der Waals surface area contributed by atoms with E-state index in [0.717, 1.165) is 6.07 Å². The molecule has 0 radical (unpaired) electrons. The molecule has 1 heterocycles. The molecule has 1 aromatic carbocycles. The summed E-state index contributed by atoms with van der Waals surface area (Å²) in [6.45, 7) is 0. The third-order valence-corrected chi connectivity index (χ3v) is 2.94. The van der Waals surface area contributed by atoms with Crippen LogP contribution < -0.4 is 0 Å². The van der Waals surface area contributed by atoms with Crippen molar-refractivity contribution in [1.82, 2.24) is 9.55 Å². The fraction of sp³-hybridized carbons (Fsp3) is 0. The first-order chi connectivity index (χ1) is 8.54. The van der Waals surface area contributed by atoms with Gasteiger partial charge in [-0.05, 0) is 6.07 Å². The lowest BCUT2D eigenvalue weighted by Crippen LogP contribution is -2.02. The number of nitrogens with zero attached hydrogens (tertiary/aromatic N) is 4. The van der Waals surface area contributed by atoms with Crippen molar-refractivity contribution in [3.05, 3.63) is 50.5 Å². The van der Waals surface area contributed by atoms with Crippen LogP contribution in [0.2, 0.25) is 10.0 Å². The minimum atomic E-state index is -0.599. The van der Waals surface area contributed by atoms with Gasteiger partial charge in [0.15, 0.2) is 0 Å². The number of nitro groups is 1. The molecule has 0 spiro atoms. The van der Waals surface area contributed by atoms with Crippen LogP contribution in [0.5, 0.6) is 0 Å². The molecule has 0 bridgehead atoms. The first kappa shape index (κ1) is 12.4. The third kappa shape index (κ3) is 2.01. The lowest BCUT2D eigenvalue weighted by Gasteiger charge is -2.06. The van der Waals surface area contributed by atoms with Crippen LogP contribution in [0.25, 0.3) is 5.69 Å². The zero-order valence-electron chi connectivity index (χ0n) is 8.67. The Balaban J connectivity index is 2.75. The minimum absolute atomic E-state index is 0.0245. The van der Waals surface area contributed by atoms with E-state index >= 15 is 0 Å². The Kier molecular flexibility index (Phi) is 3.19. The van der Waals surface area contributed by atoms with Crippen molar-refractivity contribution in [1.29, 1.82) is 5.26 Å². The van der Waals surface area contributed by atoms with Gasteiger partial charge in [0.1, 0.15) is 11.8 Å². The molecule has 6 nitrogen and oxygen atoms in total. The number of imidazole rings is 1. The lowest BCUT2D eigenvalue weighted by atomic mass is 10.2. The van der Waals surface area contributed by atoms with Crippen molar-refractivity contribution in [2.24, 2.45) is 0 Å². The Morgan fingerprint density at radius 3 is 2.67 bits per heavy atom. The van der Waals surface area contributed by atoms with E-state index in [2.05, 4.69) is 4.98 Å². The van der Waals surface area contributed by atoms with Gasteiger partial charge in [0.25, 0.3) is 5.69 Å². The van der Waals surface area contributed by atoms with E-state index in [1.165, 1.54) is 23.0 Å². The van der Waals surface area contributed by atoms with E-state index < -0.39 is 4.92 Å². The second-order valence-electron chi connectivity index (χ2n) is 3.24. The Hall–Kier alpha value is -2.10. The van der Waals surface area contributed by atoms with Crippen LogP contribution >= 0.6 is 23.2 Å². The lowest BCUT2D eigenvalue weighted by molar-refractivity contribution is -0.384. The van der Waals surface area contributed by atoms with Crippen molar-refractivity contribution < 1.29 is 4.92 Å². The van der Waals surface area contributed by atoms with Crippen LogP contribution in [0.15, 0.2) is 24.5 Å². The largest absolute Gasteiger partial charge is 0.294 e. The number of aromatic nitrogens is 2. The van der Waals surface area contributed by atoms with Gasteiger partial charge in [0.05, 0.1) is 15.0 Å². The summed E-state index contributed by atoms with van der Waals surface area (Å²) < 4.78 is 1.28. The molecule has 0 aliphatic heterocycles. The van der Waals surface area contributed by atoms with E-state index in [-0.39, 0.29) is 27.2 Å². The molecule has 1 aromatic heterocycles. The highest BCUT2D eigenvalue weighted by Crippen LogP contribution is 2.33. The van der Waals surface area contributed by atoms with Crippen LogP contribution in [-0.4, -0.2) is 14.5 Å². The van der Waals surface area contributed by atoms with E-state index in [4.69, 9.17) is 28.5 Å². The first-order valence-corrected chi connectivity index (χ1v) is 5.37. The maximum atomic E-state index is 11.0. The van der Waals surface area contributed by atoms with Gasteiger partial charge in [0.2, 0.25) is 5.82 Å². The molecule has 8 heteroatoms. The van der Waals surface area contributed by atoms with Crippen LogP contribution in [-0.2, 0) is 0 Å². The van der Waals surface area contributed by atoms with Gasteiger partial charge in [-0.15, -0.1) is 0 Å². The molecule has 0 N–H and O–H groups in total. The smallest absolute Gasteiger partial charge is 0.285 e. The normalized spacial score (nSPS) is 10.1. The summed E-state index contributed by atoms with van der Waals surface area (Å²) in [5, 5.41) is 20.1. The zero-order chi connectivity index (χ0) is 13.3. The molecule has 0 aliphatic rings. The standard InChI is InChI=1S/C10H4Cl2N4O2/c11-6-3-8(9(16(17)18)4-7(6)12)15-2-1-14-10(15)5-13/h1-4H. The van der Waals surface area contributed by atoms with Gasteiger partial charge in [-0.1, -0.05) is 23.2 Å². The number of hydrogen-bond acceptors (Lipinski definition) is 4. The molecule has 0 saturated heterocycles. The monoisotopic (exact) mass is 282 g/mol. The van der Waals surface area contributed by atoms with Crippen molar-refractivity contribution in [2.45, 2.75) is 0 Å². The minimum Gasteiger partial charge on any atom is -0.285 e. The summed E-state index contributed by atoms with van der Waals surface area (Å²) in [7, 11) is 0. The molecule has 0 atom stereocenters. The van der Waals surface area contributed by atoms with Gasteiger partial charge in [-0.3, -0.25) is 14.7 Å². The Morgan fingerprint density at radius 1 is 1.39 bits per heavy atom. The molecule has 2 aromatic rings. The second-order valence-corrected chi connectivity index (χ2v) is 4.06. The van der Waals surface area contributed by atoms with E-state index in [1.807, 2.05) is 6.07 Å². The molecule has 0 fully saturated rings.